The normalized spacial score (nSPS) is 10.1. The second-order valence-electron chi connectivity index (χ2n) is 3.56. The Morgan fingerprint density at radius 2 is 1.94 bits per heavy atom. The molecule has 94 valence electrons. The first kappa shape index (κ1) is 12.6. The van der Waals surface area contributed by atoms with Crippen molar-refractivity contribution in [2.24, 2.45) is 0 Å². The van der Waals surface area contributed by atoms with Gasteiger partial charge in [-0.25, -0.2) is 4.98 Å². The van der Waals surface area contributed by atoms with Crippen LogP contribution in [0.5, 0.6) is 11.6 Å². The molecule has 1 aromatic heterocycles. The summed E-state index contributed by atoms with van der Waals surface area (Å²) in [5.74, 6) is 1.89. The van der Waals surface area contributed by atoms with Crippen LogP contribution in [-0.2, 0) is 6.42 Å². The molecule has 1 aromatic carbocycles. The van der Waals surface area contributed by atoms with E-state index >= 15 is 0 Å². The predicted octanol–water partition coefficient (Wildman–Crippen LogP) is 2.76. The molecule has 18 heavy (non-hydrogen) atoms. The van der Waals surface area contributed by atoms with Crippen LogP contribution in [0, 0.1) is 0 Å². The summed E-state index contributed by atoms with van der Waals surface area (Å²) in [6.07, 6.45) is 0.575. The zero-order valence-corrected chi connectivity index (χ0v) is 10.7. The van der Waals surface area contributed by atoms with E-state index in [1.807, 2.05) is 30.3 Å². The first-order chi connectivity index (χ1) is 8.78. The van der Waals surface area contributed by atoms with Gasteiger partial charge in [0.1, 0.15) is 16.7 Å². The Bertz CT molecular complexity index is 506. The summed E-state index contributed by atoms with van der Waals surface area (Å²) in [6.45, 7) is 0.494. The smallest absolute Gasteiger partial charge is 0.217 e. The molecule has 0 fully saturated rings. The Labute approximate surface area is 111 Å². The Kier molecular flexibility index (Phi) is 4.36. The average molecular weight is 265 g/mol. The van der Waals surface area contributed by atoms with Crippen LogP contribution in [0.4, 0.5) is 0 Å². The van der Waals surface area contributed by atoms with Crippen molar-refractivity contribution in [3.63, 3.8) is 0 Å². The van der Waals surface area contributed by atoms with E-state index in [1.54, 1.807) is 13.2 Å². The van der Waals surface area contributed by atoms with E-state index in [9.17, 15) is 0 Å². The molecule has 0 amide bonds. The summed E-state index contributed by atoms with van der Waals surface area (Å²) in [5, 5.41) is 0.372. The molecule has 0 aliphatic rings. The molecule has 0 aliphatic heterocycles. The van der Waals surface area contributed by atoms with Crippen LogP contribution in [0.1, 0.15) is 5.82 Å². The van der Waals surface area contributed by atoms with Gasteiger partial charge in [0.25, 0.3) is 0 Å². The number of hydrogen-bond donors (Lipinski definition) is 0. The van der Waals surface area contributed by atoms with Crippen molar-refractivity contribution in [3.05, 3.63) is 47.4 Å². The third-order valence-electron chi connectivity index (χ3n) is 2.26. The van der Waals surface area contributed by atoms with Gasteiger partial charge in [0.05, 0.1) is 13.7 Å². The maximum Gasteiger partial charge on any atom is 0.217 e. The molecular formula is C13H13ClN2O2. The molecule has 0 saturated heterocycles. The molecular weight excluding hydrogens is 252 g/mol. The van der Waals surface area contributed by atoms with Crippen LogP contribution in [0.2, 0.25) is 5.15 Å². The van der Waals surface area contributed by atoms with E-state index in [2.05, 4.69) is 9.97 Å². The van der Waals surface area contributed by atoms with Gasteiger partial charge >= 0.3 is 0 Å². The zero-order valence-electron chi connectivity index (χ0n) is 9.97. The zero-order chi connectivity index (χ0) is 12.8. The van der Waals surface area contributed by atoms with E-state index < -0.39 is 0 Å². The van der Waals surface area contributed by atoms with Gasteiger partial charge in [0.15, 0.2) is 0 Å². The number of benzene rings is 1. The minimum absolute atomic E-state index is 0.372. The summed E-state index contributed by atoms with van der Waals surface area (Å²) >= 11 is 5.85. The quantitative estimate of drug-likeness (QED) is 0.779. The number of aromatic nitrogens is 2. The first-order valence-electron chi connectivity index (χ1n) is 5.53. The number of ether oxygens (including phenoxy) is 2. The summed E-state index contributed by atoms with van der Waals surface area (Å²) in [6, 6.07) is 11.2. The third kappa shape index (κ3) is 3.60. The maximum atomic E-state index is 5.85. The number of nitrogens with zero attached hydrogens (tertiary/aromatic N) is 2. The molecule has 0 radical (unpaired) electrons. The molecule has 0 N–H and O–H groups in total. The second-order valence-corrected chi connectivity index (χ2v) is 3.95. The van der Waals surface area contributed by atoms with E-state index in [0.29, 0.717) is 29.9 Å². The van der Waals surface area contributed by atoms with Crippen LogP contribution in [0.15, 0.2) is 36.4 Å². The van der Waals surface area contributed by atoms with Gasteiger partial charge in [-0.1, -0.05) is 29.8 Å². The Balaban J connectivity index is 1.92. The molecule has 0 spiro atoms. The molecule has 0 atom stereocenters. The summed E-state index contributed by atoms with van der Waals surface area (Å²) in [7, 11) is 1.54. The highest BCUT2D eigenvalue weighted by Gasteiger charge is 2.03. The lowest BCUT2D eigenvalue weighted by molar-refractivity contribution is 0.317. The fourth-order valence-electron chi connectivity index (χ4n) is 1.44. The molecule has 4 nitrogen and oxygen atoms in total. The van der Waals surface area contributed by atoms with E-state index in [-0.39, 0.29) is 0 Å². The minimum Gasteiger partial charge on any atom is -0.493 e. The molecule has 2 rings (SSSR count). The fraction of sp³-hybridized carbons (Fsp3) is 0.231. The number of halogens is 1. The topological polar surface area (TPSA) is 44.2 Å². The summed E-state index contributed by atoms with van der Waals surface area (Å²) < 4.78 is 10.6. The SMILES string of the molecule is COc1cc(Cl)nc(CCOc2ccccc2)n1. The highest BCUT2D eigenvalue weighted by atomic mass is 35.5. The lowest BCUT2D eigenvalue weighted by Crippen LogP contribution is -2.06. The standard InChI is InChI=1S/C13H13ClN2O2/c1-17-13-9-11(14)15-12(16-13)7-8-18-10-5-3-2-4-6-10/h2-6,9H,7-8H2,1H3. The summed E-state index contributed by atoms with van der Waals surface area (Å²) in [5.41, 5.74) is 0. The van der Waals surface area contributed by atoms with Crippen molar-refractivity contribution < 1.29 is 9.47 Å². The van der Waals surface area contributed by atoms with E-state index in [1.165, 1.54) is 0 Å². The van der Waals surface area contributed by atoms with Gasteiger partial charge < -0.3 is 9.47 Å². The fourth-order valence-corrected chi connectivity index (χ4v) is 1.63. The number of methoxy groups -OCH3 is 1. The van der Waals surface area contributed by atoms with Gasteiger partial charge in [-0.05, 0) is 12.1 Å². The maximum absolute atomic E-state index is 5.85. The van der Waals surface area contributed by atoms with Crippen molar-refractivity contribution >= 4 is 11.6 Å². The molecule has 0 saturated carbocycles. The first-order valence-corrected chi connectivity index (χ1v) is 5.91. The molecule has 2 aromatic rings. The van der Waals surface area contributed by atoms with Gasteiger partial charge in [-0.15, -0.1) is 0 Å². The van der Waals surface area contributed by atoms with Crippen LogP contribution in [0.25, 0.3) is 0 Å². The monoisotopic (exact) mass is 264 g/mol. The Morgan fingerprint density at radius 3 is 2.67 bits per heavy atom. The molecule has 1 heterocycles. The van der Waals surface area contributed by atoms with Crippen LogP contribution in [0.3, 0.4) is 0 Å². The highest BCUT2D eigenvalue weighted by Crippen LogP contribution is 2.14. The largest absolute Gasteiger partial charge is 0.493 e. The second kappa shape index (κ2) is 6.21. The number of hydrogen-bond acceptors (Lipinski definition) is 4. The number of para-hydroxylation sites is 1. The molecule has 0 unspecified atom stereocenters. The van der Waals surface area contributed by atoms with Crippen LogP contribution < -0.4 is 9.47 Å². The lowest BCUT2D eigenvalue weighted by Gasteiger charge is -2.06. The van der Waals surface area contributed by atoms with E-state index in [0.717, 1.165) is 5.75 Å². The van der Waals surface area contributed by atoms with Crippen molar-refractivity contribution in [3.8, 4) is 11.6 Å². The summed E-state index contributed by atoms with van der Waals surface area (Å²) in [4.78, 5) is 8.29. The average Bonchev–Trinajstić information content (AvgIpc) is 2.39. The lowest BCUT2D eigenvalue weighted by atomic mass is 10.3. The van der Waals surface area contributed by atoms with Gasteiger partial charge in [-0.3, -0.25) is 0 Å². The minimum atomic E-state index is 0.372. The predicted molar refractivity (Wildman–Crippen MR) is 69.2 cm³/mol. The third-order valence-corrected chi connectivity index (χ3v) is 2.46. The molecule has 0 aliphatic carbocycles. The van der Waals surface area contributed by atoms with Crippen molar-refractivity contribution in [2.75, 3.05) is 13.7 Å². The van der Waals surface area contributed by atoms with Crippen molar-refractivity contribution in [2.45, 2.75) is 6.42 Å². The van der Waals surface area contributed by atoms with Gasteiger partial charge in [0.2, 0.25) is 5.88 Å². The van der Waals surface area contributed by atoms with E-state index in [4.69, 9.17) is 21.1 Å². The number of rotatable bonds is 5. The molecule has 0 bridgehead atoms. The van der Waals surface area contributed by atoms with Crippen LogP contribution >= 0.6 is 11.6 Å². The van der Waals surface area contributed by atoms with Gasteiger partial charge in [-0.2, -0.15) is 4.98 Å². The highest BCUT2D eigenvalue weighted by molar-refractivity contribution is 6.29. The Hall–Kier alpha value is -1.81. The molecule has 5 heteroatoms. The van der Waals surface area contributed by atoms with Crippen molar-refractivity contribution in [1.29, 1.82) is 0 Å². The Morgan fingerprint density at radius 1 is 1.17 bits per heavy atom. The van der Waals surface area contributed by atoms with Crippen LogP contribution in [-0.4, -0.2) is 23.7 Å². The van der Waals surface area contributed by atoms with Gasteiger partial charge in [0, 0.05) is 12.5 Å². The van der Waals surface area contributed by atoms with Crippen molar-refractivity contribution in [1.82, 2.24) is 9.97 Å².